The number of amides is 2. The highest BCUT2D eigenvalue weighted by atomic mass is 16.5. The minimum Gasteiger partial charge on any atom is -0.477 e. The number of anilines is 1. The molecule has 3 rings (SSSR count). The molecule has 7 nitrogen and oxygen atoms in total. The topological polar surface area (TPSA) is 93.9 Å². The van der Waals surface area contributed by atoms with E-state index in [0.717, 1.165) is 5.69 Å². The number of morpholine rings is 1. The highest BCUT2D eigenvalue weighted by molar-refractivity contribution is 5.89. The number of hydrogen-bond acceptors (Lipinski definition) is 5. The molecule has 2 heterocycles. The van der Waals surface area contributed by atoms with Crippen molar-refractivity contribution in [3.05, 3.63) is 24.3 Å². The Morgan fingerprint density at radius 1 is 1.33 bits per heavy atom. The standard InChI is InChI=1S/C14H17N3O4/c15-13(18)10-8-20-6-5-17(10)14(19)12-7-16-9-3-1-2-4-11(9)21-12/h1-4,10,12,16H,5-8H2,(H2,15,18). The smallest absolute Gasteiger partial charge is 0.266 e. The van der Waals surface area contributed by atoms with E-state index in [0.29, 0.717) is 25.4 Å². The summed E-state index contributed by atoms with van der Waals surface area (Å²) in [7, 11) is 0. The predicted octanol–water partition coefficient (Wildman–Crippen LogP) is -0.428. The molecule has 0 radical (unpaired) electrons. The van der Waals surface area contributed by atoms with Crippen molar-refractivity contribution in [3.8, 4) is 5.75 Å². The minimum absolute atomic E-state index is 0.137. The number of fused-ring (bicyclic) bond motifs is 1. The van der Waals surface area contributed by atoms with E-state index in [-0.39, 0.29) is 12.5 Å². The lowest BCUT2D eigenvalue weighted by molar-refractivity contribution is -0.152. The molecule has 21 heavy (non-hydrogen) atoms. The third-order valence-electron chi connectivity index (χ3n) is 3.65. The molecule has 1 fully saturated rings. The average molecular weight is 291 g/mol. The van der Waals surface area contributed by atoms with Crippen LogP contribution >= 0.6 is 0 Å². The fourth-order valence-electron chi connectivity index (χ4n) is 2.54. The van der Waals surface area contributed by atoms with Crippen LogP contribution in [-0.4, -0.2) is 55.2 Å². The second kappa shape index (κ2) is 5.61. The average Bonchev–Trinajstić information content (AvgIpc) is 2.53. The zero-order valence-corrected chi connectivity index (χ0v) is 11.5. The Morgan fingerprint density at radius 2 is 2.14 bits per heavy atom. The maximum absolute atomic E-state index is 12.6. The summed E-state index contributed by atoms with van der Waals surface area (Å²) in [5.41, 5.74) is 6.19. The van der Waals surface area contributed by atoms with Crippen LogP contribution in [0.3, 0.4) is 0 Å². The van der Waals surface area contributed by atoms with Gasteiger partial charge in [0.15, 0.2) is 6.10 Å². The van der Waals surface area contributed by atoms with E-state index in [2.05, 4.69) is 5.32 Å². The Morgan fingerprint density at radius 3 is 2.95 bits per heavy atom. The SMILES string of the molecule is NC(=O)C1COCCN1C(=O)C1CNc2ccccc2O1. The second-order valence-corrected chi connectivity index (χ2v) is 5.01. The Kier molecular flexibility index (Phi) is 3.66. The number of rotatable bonds is 2. The van der Waals surface area contributed by atoms with Gasteiger partial charge in [0.1, 0.15) is 11.8 Å². The van der Waals surface area contributed by atoms with Crippen molar-refractivity contribution in [2.75, 3.05) is 31.6 Å². The number of para-hydroxylation sites is 2. The van der Waals surface area contributed by atoms with Gasteiger partial charge in [0, 0.05) is 6.54 Å². The number of primary amides is 1. The normalized spacial score (nSPS) is 24.5. The van der Waals surface area contributed by atoms with Gasteiger partial charge < -0.3 is 25.4 Å². The summed E-state index contributed by atoms with van der Waals surface area (Å²) in [6, 6.07) is 6.69. The summed E-state index contributed by atoms with van der Waals surface area (Å²) in [6.07, 6.45) is -0.667. The van der Waals surface area contributed by atoms with Crippen molar-refractivity contribution in [2.45, 2.75) is 12.1 Å². The van der Waals surface area contributed by atoms with Crippen LogP contribution in [0.15, 0.2) is 24.3 Å². The van der Waals surface area contributed by atoms with Crippen molar-refractivity contribution in [1.82, 2.24) is 4.90 Å². The molecule has 0 aromatic heterocycles. The third kappa shape index (κ3) is 2.64. The molecule has 1 saturated heterocycles. The maximum Gasteiger partial charge on any atom is 0.266 e. The summed E-state index contributed by atoms with van der Waals surface area (Å²) < 4.78 is 10.9. The van der Waals surface area contributed by atoms with E-state index in [1.807, 2.05) is 18.2 Å². The molecule has 7 heteroatoms. The molecule has 1 aromatic carbocycles. The molecule has 0 spiro atoms. The fourth-order valence-corrected chi connectivity index (χ4v) is 2.54. The first-order valence-corrected chi connectivity index (χ1v) is 6.84. The van der Waals surface area contributed by atoms with Gasteiger partial charge in [-0.25, -0.2) is 0 Å². The van der Waals surface area contributed by atoms with Gasteiger partial charge in [-0.05, 0) is 12.1 Å². The van der Waals surface area contributed by atoms with Crippen LogP contribution in [0.4, 0.5) is 5.69 Å². The first kappa shape index (κ1) is 13.7. The van der Waals surface area contributed by atoms with Crippen LogP contribution in [0.1, 0.15) is 0 Å². The summed E-state index contributed by atoms with van der Waals surface area (Å²) in [6.45, 7) is 1.23. The molecule has 1 aromatic rings. The number of carbonyl (C=O) groups is 2. The number of ether oxygens (including phenoxy) is 2. The van der Waals surface area contributed by atoms with E-state index in [1.165, 1.54) is 4.90 Å². The molecule has 0 saturated carbocycles. The first-order valence-electron chi connectivity index (χ1n) is 6.84. The quantitative estimate of drug-likeness (QED) is 0.771. The van der Waals surface area contributed by atoms with Gasteiger partial charge in [-0.1, -0.05) is 12.1 Å². The van der Waals surface area contributed by atoms with Crippen LogP contribution < -0.4 is 15.8 Å². The number of carbonyl (C=O) groups excluding carboxylic acids is 2. The zero-order valence-electron chi connectivity index (χ0n) is 11.5. The van der Waals surface area contributed by atoms with Gasteiger partial charge in [-0.3, -0.25) is 9.59 Å². The highest BCUT2D eigenvalue weighted by Crippen LogP contribution is 2.29. The van der Waals surface area contributed by atoms with Gasteiger partial charge in [0.05, 0.1) is 25.4 Å². The number of nitrogens with zero attached hydrogens (tertiary/aromatic N) is 1. The van der Waals surface area contributed by atoms with E-state index in [9.17, 15) is 9.59 Å². The molecule has 0 aliphatic carbocycles. The van der Waals surface area contributed by atoms with Crippen molar-refractivity contribution in [2.24, 2.45) is 5.73 Å². The molecule has 2 unspecified atom stereocenters. The van der Waals surface area contributed by atoms with Crippen LogP contribution in [0, 0.1) is 0 Å². The summed E-state index contributed by atoms with van der Waals surface area (Å²) in [5, 5.41) is 3.16. The van der Waals surface area contributed by atoms with Gasteiger partial charge >= 0.3 is 0 Å². The van der Waals surface area contributed by atoms with Crippen LogP contribution in [0.5, 0.6) is 5.75 Å². The lowest BCUT2D eigenvalue weighted by Gasteiger charge is -2.37. The maximum atomic E-state index is 12.6. The third-order valence-corrected chi connectivity index (χ3v) is 3.65. The number of benzene rings is 1. The summed E-state index contributed by atoms with van der Waals surface area (Å²) in [4.78, 5) is 25.5. The Labute approximate surface area is 122 Å². The molecule has 0 bridgehead atoms. The van der Waals surface area contributed by atoms with Gasteiger partial charge in [-0.15, -0.1) is 0 Å². The lowest BCUT2D eigenvalue weighted by Crippen LogP contribution is -2.59. The largest absolute Gasteiger partial charge is 0.477 e. The molecule has 3 N–H and O–H groups in total. The second-order valence-electron chi connectivity index (χ2n) is 5.01. The van der Waals surface area contributed by atoms with E-state index >= 15 is 0 Å². The summed E-state index contributed by atoms with van der Waals surface area (Å²) >= 11 is 0. The molecule has 2 aliphatic rings. The van der Waals surface area contributed by atoms with E-state index in [4.69, 9.17) is 15.2 Å². The zero-order chi connectivity index (χ0) is 14.8. The van der Waals surface area contributed by atoms with E-state index < -0.39 is 18.1 Å². The molecule has 2 amide bonds. The number of nitrogens with two attached hydrogens (primary N) is 1. The Balaban J connectivity index is 1.75. The molecule has 2 atom stereocenters. The van der Waals surface area contributed by atoms with Gasteiger partial charge in [-0.2, -0.15) is 0 Å². The van der Waals surface area contributed by atoms with E-state index in [1.54, 1.807) is 6.07 Å². The summed E-state index contributed by atoms with van der Waals surface area (Å²) in [5.74, 6) is -0.178. The van der Waals surface area contributed by atoms with Crippen molar-refractivity contribution >= 4 is 17.5 Å². The van der Waals surface area contributed by atoms with Crippen molar-refractivity contribution in [1.29, 1.82) is 0 Å². The monoisotopic (exact) mass is 291 g/mol. The first-order chi connectivity index (χ1) is 10.2. The molecular formula is C14H17N3O4. The van der Waals surface area contributed by atoms with Gasteiger partial charge in [0.2, 0.25) is 5.91 Å². The van der Waals surface area contributed by atoms with Crippen molar-refractivity contribution < 1.29 is 19.1 Å². The van der Waals surface area contributed by atoms with Crippen LogP contribution in [0.2, 0.25) is 0 Å². The fraction of sp³-hybridized carbons (Fsp3) is 0.429. The van der Waals surface area contributed by atoms with Crippen LogP contribution in [-0.2, 0) is 14.3 Å². The molecule has 2 aliphatic heterocycles. The lowest BCUT2D eigenvalue weighted by atomic mass is 10.1. The van der Waals surface area contributed by atoms with Crippen LogP contribution in [0.25, 0.3) is 0 Å². The predicted molar refractivity (Wildman–Crippen MR) is 74.9 cm³/mol. The minimum atomic E-state index is -0.730. The Hall–Kier alpha value is -2.28. The molecular weight excluding hydrogens is 274 g/mol. The number of nitrogens with one attached hydrogen (secondary N) is 1. The van der Waals surface area contributed by atoms with Gasteiger partial charge in [0.25, 0.3) is 5.91 Å². The number of hydrogen-bond donors (Lipinski definition) is 2. The molecule has 112 valence electrons. The van der Waals surface area contributed by atoms with Crippen molar-refractivity contribution in [3.63, 3.8) is 0 Å². The Bertz CT molecular complexity index is 563. The highest BCUT2D eigenvalue weighted by Gasteiger charge is 2.37.